The van der Waals surface area contributed by atoms with E-state index in [0.717, 1.165) is 24.7 Å². The zero-order valence-corrected chi connectivity index (χ0v) is 18.3. The van der Waals surface area contributed by atoms with Gasteiger partial charge in [-0.2, -0.15) is 0 Å². The van der Waals surface area contributed by atoms with Gasteiger partial charge in [0.1, 0.15) is 0 Å². The number of hydrogen-bond acceptors (Lipinski definition) is 4. The van der Waals surface area contributed by atoms with Crippen LogP contribution in [-0.4, -0.2) is 25.2 Å². The Morgan fingerprint density at radius 1 is 0.577 bits per heavy atom. The fraction of sp³-hybridized carbons (Fsp3) is 0.909. The van der Waals surface area contributed by atoms with E-state index in [1.54, 1.807) is 0 Å². The molecule has 4 heteroatoms. The van der Waals surface area contributed by atoms with Crippen LogP contribution in [0.3, 0.4) is 0 Å². The van der Waals surface area contributed by atoms with Crippen LogP contribution in [0.25, 0.3) is 0 Å². The van der Waals surface area contributed by atoms with Crippen LogP contribution in [0.4, 0.5) is 0 Å². The molecule has 0 aliphatic heterocycles. The van der Waals surface area contributed by atoms with E-state index in [0.29, 0.717) is 13.2 Å². The molecule has 156 valence electrons. The predicted molar refractivity (Wildman–Crippen MR) is 109 cm³/mol. The number of ether oxygens (including phenoxy) is 2. The van der Waals surface area contributed by atoms with E-state index in [2.05, 4.69) is 27.7 Å². The summed E-state index contributed by atoms with van der Waals surface area (Å²) in [6.07, 6.45) is 12.1. The van der Waals surface area contributed by atoms with Crippen LogP contribution in [0.1, 0.15) is 106 Å². The van der Waals surface area contributed by atoms with Crippen LogP contribution < -0.4 is 0 Å². The fourth-order valence-electron chi connectivity index (χ4n) is 2.45. The van der Waals surface area contributed by atoms with Crippen LogP contribution in [0.5, 0.6) is 0 Å². The normalized spacial score (nSPS) is 10.5. The van der Waals surface area contributed by atoms with Crippen LogP contribution in [0.2, 0.25) is 0 Å². The van der Waals surface area contributed by atoms with Crippen molar-refractivity contribution in [3.05, 3.63) is 0 Å². The van der Waals surface area contributed by atoms with E-state index in [1.807, 2.05) is 0 Å². The Balaban J connectivity index is 0. The van der Waals surface area contributed by atoms with E-state index in [1.165, 1.54) is 65.2 Å². The number of unbranched alkanes of at least 4 members (excludes halogenated alkanes) is 6. The lowest BCUT2D eigenvalue weighted by molar-refractivity contribution is -0.142. The summed E-state index contributed by atoms with van der Waals surface area (Å²) in [5, 5.41) is 0. The number of hydrogen-bond donors (Lipinski definition) is 0. The third kappa shape index (κ3) is 30.8. The maximum Gasteiger partial charge on any atom is 0.302 e. The summed E-state index contributed by atoms with van der Waals surface area (Å²) < 4.78 is 9.66. The second kappa shape index (κ2) is 20.3. The molecule has 0 amide bonds. The van der Waals surface area contributed by atoms with Crippen molar-refractivity contribution < 1.29 is 19.1 Å². The molecule has 0 saturated heterocycles. The van der Waals surface area contributed by atoms with Crippen molar-refractivity contribution in [2.75, 3.05) is 13.2 Å². The SMILES string of the molecule is CC(=O)OCCCCCCC(C)C.CC(=O)OCCCCCCC(C)C. The first-order chi connectivity index (χ1) is 12.3. The first kappa shape index (κ1) is 27.2. The molecule has 0 saturated carbocycles. The standard InChI is InChI=1S/2C11H22O2/c2*1-10(2)8-6-4-5-7-9-13-11(3)12/h2*10H,4-9H2,1-3H3. The second-order valence-corrected chi connectivity index (χ2v) is 7.87. The average molecular weight is 373 g/mol. The van der Waals surface area contributed by atoms with Gasteiger partial charge in [-0.1, -0.05) is 79.1 Å². The van der Waals surface area contributed by atoms with Gasteiger partial charge in [0.2, 0.25) is 0 Å². The van der Waals surface area contributed by atoms with Crippen LogP contribution in [0.15, 0.2) is 0 Å². The van der Waals surface area contributed by atoms with Gasteiger partial charge in [0, 0.05) is 13.8 Å². The summed E-state index contributed by atoms with van der Waals surface area (Å²) in [6.45, 7) is 13.1. The Morgan fingerprint density at radius 2 is 0.885 bits per heavy atom. The number of esters is 2. The van der Waals surface area contributed by atoms with Crippen LogP contribution in [0, 0.1) is 11.8 Å². The summed E-state index contributed by atoms with van der Waals surface area (Å²) >= 11 is 0. The topological polar surface area (TPSA) is 52.6 Å². The van der Waals surface area contributed by atoms with Crippen LogP contribution >= 0.6 is 0 Å². The van der Waals surface area contributed by atoms with Crippen molar-refractivity contribution in [3.63, 3.8) is 0 Å². The maximum absolute atomic E-state index is 10.4. The van der Waals surface area contributed by atoms with Crippen LogP contribution in [-0.2, 0) is 19.1 Å². The van der Waals surface area contributed by atoms with Crippen molar-refractivity contribution in [1.29, 1.82) is 0 Å². The zero-order valence-electron chi connectivity index (χ0n) is 18.3. The minimum absolute atomic E-state index is 0.165. The molecule has 4 nitrogen and oxygen atoms in total. The molecular weight excluding hydrogens is 328 g/mol. The number of carbonyl (C=O) groups is 2. The highest BCUT2D eigenvalue weighted by molar-refractivity contribution is 5.66. The number of carbonyl (C=O) groups excluding carboxylic acids is 2. The van der Waals surface area contributed by atoms with Gasteiger partial charge in [-0.05, 0) is 24.7 Å². The zero-order chi connectivity index (χ0) is 20.2. The summed E-state index contributed by atoms with van der Waals surface area (Å²) in [6, 6.07) is 0. The van der Waals surface area contributed by atoms with Gasteiger partial charge < -0.3 is 9.47 Å². The van der Waals surface area contributed by atoms with Gasteiger partial charge >= 0.3 is 11.9 Å². The summed E-state index contributed by atoms with van der Waals surface area (Å²) in [5.41, 5.74) is 0. The Labute approximate surface area is 162 Å². The van der Waals surface area contributed by atoms with E-state index in [4.69, 9.17) is 9.47 Å². The largest absolute Gasteiger partial charge is 0.466 e. The quantitative estimate of drug-likeness (QED) is 0.265. The average Bonchev–Trinajstić information content (AvgIpc) is 2.52. The minimum atomic E-state index is -0.165. The van der Waals surface area contributed by atoms with Crippen molar-refractivity contribution in [3.8, 4) is 0 Å². The second-order valence-electron chi connectivity index (χ2n) is 7.87. The highest BCUT2D eigenvalue weighted by atomic mass is 16.5. The first-order valence-electron chi connectivity index (χ1n) is 10.5. The first-order valence-corrected chi connectivity index (χ1v) is 10.5. The fourth-order valence-corrected chi connectivity index (χ4v) is 2.45. The predicted octanol–water partition coefficient (Wildman–Crippen LogP) is 6.31. The lowest BCUT2D eigenvalue weighted by atomic mass is 10.0. The van der Waals surface area contributed by atoms with Gasteiger partial charge in [0.15, 0.2) is 0 Å². The molecule has 26 heavy (non-hydrogen) atoms. The van der Waals surface area contributed by atoms with Crippen molar-refractivity contribution in [1.82, 2.24) is 0 Å². The summed E-state index contributed by atoms with van der Waals surface area (Å²) in [5.74, 6) is 1.30. The van der Waals surface area contributed by atoms with Gasteiger partial charge in [-0.15, -0.1) is 0 Å². The Bertz CT molecular complexity index is 292. The van der Waals surface area contributed by atoms with Gasteiger partial charge in [0.25, 0.3) is 0 Å². The molecule has 0 aromatic heterocycles. The molecular formula is C22H44O4. The molecule has 0 aromatic rings. The molecule has 0 aliphatic rings. The smallest absolute Gasteiger partial charge is 0.302 e. The van der Waals surface area contributed by atoms with Gasteiger partial charge in [0.05, 0.1) is 13.2 Å². The number of rotatable bonds is 14. The molecule has 0 aliphatic carbocycles. The van der Waals surface area contributed by atoms with Crippen molar-refractivity contribution in [2.45, 2.75) is 106 Å². The molecule has 0 bridgehead atoms. The molecule has 0 N–H and O–H groups in total. The Hall–Kier alpha value is -1.06. The maximum atomic E-state index is 10.4. The van der Waals surface area contributed by atoms with Crippen molar-refractivity contribution >= 4 is 11.9 Å². The van der Waals surface area contributed by atoms with E-state index in [9.17, 15) is 9.59 Å². The summed E-state index contributed by atoms with van der Waals surface area (Å²) in [7, 11) is 0. The van der Waals surface area contributed by atoms with E-state index < -0.39 is 0 Å². The minimum Gasteiger partial charge on any atom is -0.466 e. The van der Waals surface area contributed by atoms with Crippen molar-refractivity contribution in [2.24, 2.45) is 11.8 Å². The molecule has 0 unspecified atom stereocenters. The highest BCUT2D eigenvalue weighted by Crippen LogP contribution is 2.10. The van der Waals surface area contributed by atoms with E-state index in [-0.39, 0.29) is 11.9 Å². The Morgan fingerprint density at radius 3 is 1.15 bits per heavy atom. The third-order valence-corrected chi connectivity index (χ3v) is 3.96. The molecule has 0 aromatic carbocycles. The van der Waals surface area contributed by atoms with E-state index >= 15 is 0 Å². The highest BCUT2D eigenvalue weighted by Gasteiger charge is 1.96. The van der Waals surface area contributed by atoms with Gasteiger partial charge in [-0.25, -0.2) is 0 Å². The summed E-state index contributed by atoms with van der Waals surface area (Å²) in [4.78, 5) is 20.8. The van der Waals surface area contributed by atoms with Gasteiger partial charge in [-0.3, -0.25) is 9.59 Å². The molecule has 0 radical (unpaired) electrons. The lowest BCUT2D eigenvalue weighted by Crippen LogP contribution is -2.00. The Kier molecular flexibility index (Phi) is 21.2. The monoisotopic (exact) mass is 372 g/mol. The molecule has 0 spiro atoms. The lowest BCUT2D eigenvalue weighted by Gasteiger charge is -2.04. The molecule has 0 atom stereocenters. The molecule has 0 rings (SSSR count). The third-order valence-electron chi connectivity index (χ3n) is 3.96. The molecule has 0 fully saturated rings. The molecule has 0 heterocycles.